The van der Waals surface area contributed by atoms with Gasteiger partial charge in [0.2, 0.25) is 0 Å². The minimum atomic E-state index is -3.25. The first-order valence-electron chi connectivity index (χ1n) is 3.77. The molecule has 0 aliphatic carbocycles. The van der Waals surface area contributed by atoms with Gasteiger partial charge in [-0.3, -0.25) is 0 Å². The van der Waals surface area contributed by atoms with Crippen LogP contribution in [0.1, 0.15) is 5.56 Å². The average molecular weight is 211 g/mol. The number of hydrogen-bond acceptors (Lipinski definition) is 4. The molecule has 0 amide bonds. The molecule has 4 nitrogen and oxygen atoms in total. The molecule has 1 aromatic carbocycles. The molecule has 0 bridgehead atoms. The van der Waals surface area contributed by atoms with Crippen molar-refractivity contribution in [3.05, 3.63) is 23.8 Å². The molecule has 0 unspecified atom stereocenters. The zero-order chi connectivity index (χ0) is 10.8. The maximum absolute atomic E-state index is 11.2. The van der Waals surface area contributed by atoms with Crippen molar-refractivity contribution in [2.75, 3.05) is 13.4 Å². The third kappa shape index (κ3) is 2.03. The van der Waals surface area contributed by atoms with E-state index in [1.807, 2.05) is 6.07 Å². The van der Waals surface area contributed by atoms with Crippen LogP contribution in [0, 0.1) is 11.3 Å². The van der Waals surface area contributed by atoms with E-state index in [1.165, 1.54) is 25.3 Å². The van der Waals surface area contributed by atoms with Gasteiger partial charge in [-0.1, -0.05) is 0 Å². The van der Waals surface area contributed by atoms with E-state index in [9.17, 15) is 8.42 Å². The Hall–Kier alpha value is -1.54. The molecule has 0 radical (unpaired) electrons. The Balaban J connectivity index is 3.37. The SMILES string of the molecule is COc1cc(S(C)(=O)=O)ccc1C#N. The number of rotatable bonds is 2. The van der Waals surface area contributed by atoms with E-state index >= 15 is 0 Å². The number of nitriles is 1. The molecular formula is C9H9NO3S. The Morgan fingerprint density at radius 2 is 2.07 bits per heavy atom. The van der Waals surface area contributed by atoms with E-state index in [0.717, 1.165) is 6.26 Å². The van der Waals surface area contributed by atoms with E-state index in [2.05, 4.69) is 0 Å². The smallest absolute Gasteiger partial charge is 0.175 e. The average Bonchev–Trinajstić information content (AvgIpc) is 2.15. The second kappa shape index (κ2) is 3.68. The second-order valence-electron chi connectivity index (χ2n) is 2.75. The molecule has 0 N–H and O–H groups in total. The number of benzene rings is 1. The predicted molar refractivity (Wildman–Crippen MR) is 50.8 cm³/mol. The lowest BCUT2D eigenvalue weighted by Crippen LogP contribution is -1.98. The molecule has 0 saturated carbocycles. The minimum Gasteiger partial charge on any atom is -0.495 e. The van der Waals surface area contributed by atoms with Crippen LogP contribution in [0.25, 0.3) is 0 Å². The quantitative estimate of drug-likeness (QED) is 0.731. The monoisotopic (exact) mass is 211 g/mol. The predicted octanol–water partition coefficient (Wildman–Crippen LogP) is 0.970. The van der Waals surface area contributed by atoms with Crippen LogP contribution < -0.4 is 4.74 Å². The molecule has 1 rings (SSSR count). The fourth-order valence-electron chi connectivity index (χ4n) is 0.995. The van der Waals surface area contributed by atoms with Crippen LogP contribution in [0.2, 0.25) is 0 Å². The lowest BCUT2D eigenvalue weighted by atomic mass is 10.2. The van der Waals surface area contributed by atoms with Crippen LogP contribution in [0.15, 0.2) is 23.1 Å². The number of sulfone groups is 1. The van der Waals surface area contributed by atoms with Crippen LogP contribution in [-0.2, 0) is 9.84 Å². The van der Waals surface area contributed by atoms with Crippen molar-refractivity contribution >= 4 is 9.84 Å². The number of hydrogen-bond donors (Lipinski definition) is 0. The first-order chi connectivity index (χ1) is 6.49. The van der Waals surface area contributed by atoms with Gasteiger partial charge in [-0.2, -0.15) is 5.26 Å². The Morgan fingerprint density at radius 1 is 1.43 bits per heavy atom. The highest BCUT2D eigenvalue weighted by atomic mass is 32.2. The van der Waals surface area contributed by atoms with E-state index < -0.39 is 9.84 Å². The molecular weight excluding hydrogens is 202 g/mol. The van der Waals surface area contributed by atoms with Crippen molar-refractivity contribution in [3.8, 4) is 11.8 Å². The summed E-state index contributed by atoms with van der Waals surface area (Å²) >= 11 is 0. The lowest BCUT2D eigenvalue weighted by Gasteiger charge is -2.04. The summed E-state index contributed by atoms with van der Waals surface area (Å²) in [5, 5.41) is 8.66. The molecule has 0 heterocycles. The molecule has 0 aromatic heterocycles. The van der Waals surface area contributed by atoms with Gasteiger partial charge < -0.3 is 4.74 Å². The molecule has 0 aliphatic rings. The van der Waals surface area contributed by atoms with Gasteiger partial charge in [0.05, 0.1) is 17.6 Å². The van der Waals surface area contributed by atoms with E-state index in [1.54, 1.807) is 0 Å². The minimum absolute atomic E-state index is 0.147. The van der Waals surface area contributed by atoms with Gasteiger partial charge in [-0.15, -0.1) is 0 Å². The highest BCUT2D eigenvalue weighted by Crippen LogP contribution is 2.21. The molecule has 0 atom stereocenters. The van der Waals surface area contributed by atoms with Gasteiger partial charge in [0.15, 0.2) is 9.84 Å². The molecule has 74 valence electrons. The summed E-state index contributed by atoms with van der Waals surface area (Å²) in [4.78, 5) is 0.147. The van der Waals surface area contributed by atoms with E-state index in [4.69, 9.17) is 10.00 Å². The van der Waals surface area contributed by atoms with E-state index in [-0.39, 0.29) is 10.6 Å². The Bertz CT molecular complexity index is 485. The van der Waals surface area contributed by atoms with Crippen molar-refractivity contribution in [2.45, 2.75) is 4.90 Å². The summed E-state index contributed by atoms with van der Waals surface area (Å²) in [6.45, 7) is 0. The summed E-state index contributed by atoms with van der Waals surface area (Å²) < 4.78 is 27.2. The lowest BCUT2D eigenvalue weighted by molar-refractivity contribution is 0.412. The summed E-state index contributed by atoms with van der Waals surface area (Å²) in [7, 11) is -1.86. The van der Waals surface area contributed by atoms with Gasteiger partial charge in [-0.25, -0.2) is 8.42 Å². The van der Waals surface area contributed by atoms with Crippen LogP contribution in [0.3, 0.4) is 0 Å². The zero-order valence-electron chi connectivity index (χ0n) is 7.81. The molecule has 0 aliphatic heterocycles. The molecule has 0 saturated heterocycles. The molecule has 5 heteroatoms. The van der Waals surface area contributed by atoms with Crippen molar-refractivity contribution < 1.29 is 13.2 Å². The fourth-order valence-corrected chi connectivity index (χ4v) is 1.63. The first-order valence-corrected chi connectivity index (χ1v) is 5.66. The van der Waals surface area contributed by atoms with Gasteiger partial charge in [0, 0.05) is 12.3 Å². The second-order valence-corrected chi connectivity index (χ2v) is 4.76. The summed E-state index contributed by atoms with van der Waals surface area (Å²) in [5.74, 6) is 0.274. The largest absolute Gasteiger partial charge is 0.495 e. The molecule has 0 fully saturated rings. The highest BCUT2D eigenvalue weighted by molar-refractivity contribution is 7.90. The number of ether oxygens (including phenoxy) is 1. The number of methoxy groups -OCH3 is 1. The molecule has 0 spiro atoms. The first kappa shape index (κ1) is 10.5. The zero-order valence-corrected chi connectivity index (χ0v) is 8.63. The van der Waals surface area contributed by atoms with Crippen molar-refractivity contribution in [2.24, 2.45) is 0 Å². The summed E-state index contributed by atoms with van der Waals surface area (Å²) in [6, 6.07) is 6.06. The van der Waals surface area contributed by atoms with Gasteiger partial charge >= 0.3 is 0 Å². The Labute approximate surface area is 82.7 Å². The standard InChI is InChI=1S/C9H9NO3S/c1-13-9-5-8(14(2,11)12)4-3-7(9)6-10/h3-5H,1-2H3. The summed E-state index contributed by atoms with van der Waals surface area (Å²) in [5.41, 5.74) is 0.319. The van der Waals surface area contributed by atoms with Crippen LogP contribution in [0.4, 0.5) is 0 Å². The topological polar surface area (TPSA) is 67.2 Å². The summed E-state index contributed by atoms with van der Waals surface area (Å²) in [6.07, 6.45) is 1.10. The Kier molecular flexibility index (Phi) is 2.77. The van der Waals surface area contributed by atoms with Crippen molar-refractivity contribution in [3.63, 3.8) is 0 Å². The van der Waals surface area contributed by atoms with Gasteiger partial charge in [0.1, 0.15) is 11.8 Å². The normalized spacial score (nSPS) is 10.6. The Morgan fingerprint density at radius 3 is 2.50 bits per heavy atom. The molecule has 14 heavy (non-hydrogen) atoms. The van der Waals surface area contributed by atoms with E-state index in [0.29, 0.717) is 5.56 Å². The maximum Gasteiger partial charge on any atom is 0.175 e. The number of nitrogens with zero attached hydrogens (tertiary/aromatic N) is 1. The van der Waals surface area contributed by atoms with Crippen LogP contribution >= 0.6 is 0 Å². The third-order valence-electron chi connectivity index (χ3n) is 1.72. The molecule has 1 aromatic rings. The van der Waals surface area contributed by atoms with Gasteiger partial charge in [-0.05, 0) is 12.1 Å². The van der Waals surface area contributed by atoms with Crippen LogP contribution in [0.5, 0.6) is 5.75 Å². The van der Waals surface area contributed by atoms with Crippen LogP contribution in [-0.4, -0.2) is 21.8 Å². The van der Waals surface area contributed by atoms with Gasteiger partial charge in [0.25, 0.3) is 0 Å². The maximum atomic E-state index is 11.2. The third-order valence-corrected chi connectivity index (χ3v) is 2.83. The fraction of sp³-hybridized carbons (Fsp3) is 0.222. The van der Waals surface area contributed by atoms with Crippen molar-refractivity contribution in [1.82, 2.24) is 0 Å². The van der Waals surface area contributed by atoms with Crippen molar-refractivity contribution in [1.29, 1.82) is 5.26 Å². The highest BCUT2D eigenvalue weighted by Gasteiger charge is 2.10.